The van der Waals surface area contributed by atoms with Crippen molar-refractivity contribution in [2.45, 2.75) is 6.61 Å². The third kappa shape index (κ3) is 2.87. The molecule has 0 unspecified atom stereocenters. The minimum atomic E-state index is 0.187. The lowest BCUT2D eigenvalue weighted by atomic mass is 10.1. The molecule has 4 rings (SSSR count). The fraction of sp³-hybridized carbons (Fsp3) is 0.0588. The van der Waals surface area contributed by atoms with Crippen LogP contribution in [0.3, 0.4) is 0 Å². The van der Waals surface area contributed by atoms with Gasteiger partial charge in [-0.25, -0.2) is 19.6 Å². The number of ether oxygens (including phenoxy) is 1. The van der Waals surface area contributed by atoms with Gasteiger partial charge in [-0.1, -0.05) is 36.4 Å². The number of nitrogens with zero attached hydrogens (tertiary/aromatic N) is 5. The lowest BCUT2D eigenvalue weighted by molar-refractivity contribution is 0.293. The number of fused-ring (bicyclic) bond motifs is 1. The highest BCUT2D eigenvalue weighted by Crippen LogP contribution is 2.17. The Labute approximate surface area is 137 Å². The number of nitrogens with two attached hydrogens (primary N) is 1. The van der Waals surface area contributed by atoms with Crippen LogP contribution in [0.15, 0.2) is 61.2 Å². The Morgan fingerprint density at radius 2 is 1.83 bits per heavy atom. The van der Waals surface area contributed by atoms with Crippen molar-refractivity contribution in [2.24, 2.45) is 0 Å². The maximum atomic E-state index is 5.77. The average molecular weight is 318 g/mol. The third-order valence-corrected chi connectivity index (χ3v) is 3.57. The summed E-state index contributed by atoms with van der Waals surface area (Å²) in [6, 6.07) is 16.1. The molecule has 0 aliphatic carbocycles. The van der Waals surface area contributed by atoms with Crippen molar-refractivity contribution in [3.05, 3.63) is 66.7 Å². The predicted molar refractivity (Wildman–Crippen MR) is 89.6 cm³/mol. The lowest BCUT2D eigenvalue weighted by Gasteiger charge is -2.07. The minimum Gasteiger partial charge on any atom is -0.473 e. The molecule has 0 atom stereocenters. The summed E-state index contributed by atoms with van der Waals surface area (Å²) in [6.45, 7) is 0.417. The molecule has 118 valence electrons. The van der Waals surface area contributed by atoms with Crippen molar-refractivity contribution >= 4 is 16.7 Å². The van der Waals surface area contributed by atoms with Gasteiger partial charge in [0.25, 0.3) is 0 Å². The van der Waals surface area contributed by atoms with Crippen LogP contribution in [0, 0.1) is 0 Å². The van der Waals surface area contributed by atoms with E-state index < -0.39 is 0 Å². The van der Waals surface area contributed by atoms with E-state index in [0.717, 1.165) is 5.56 Å². The maximum absolute atomic E-state index is 5.77. The Bertz CT molecular complexity index is 997. The van der Waals surface area contributed by atoms with Gasteiger partial charge < -0.3 is 10.5 Å². The number of hydrogen-bond donors (Lipinski definition) is 1. The molecule has 4 aromatic rings. The van der Waals surface area contributed by atoms with Gasteiger partial charge in [0.1, 0.15) is 19.3 Å². The molecule has 7 heteroatoms. The average Bonchev–Trinajstić information content (AvgIpc) is 3.06. The molecule has 7 nitrogen and oxygen atoms in total. The number of nitrogen functional groups attached to an aromatic ring is 1. The molecule has 2 aromatic heterocycles. The van der Waals surface area contributed by atoms with Crippen LogP contribution in [0.5, 0.6) is 5.88 Å². The number of benzene rings is 2. The van der Waals surface area contributed by atoms with Crippen LogP contribution in [0.2, 0.25) is 0 Å². The molecule has 2 aromatic carbocycles. The molecule has 0 spiro atoms. The largest absolute Gasteiger partial charge is 0.473 e. The minimum absolute atomic E-state index is 0.187. The Kier molecular flexibility index (Phi) is 3.51. The van der Waals surface area contributed by atoms with Crippen LogP contribution in [0.25, 0.3) is 16.6 Å². The summed E-state index contributed by atoms with van der Waals surface area (Å²) in [4.78, 5) is 12.1. The van der Waals surface area contributed by atoms with Crippen LogP contribution in [0.1, 0.15) is 5.56 Å². The SMILES string of the molecule is Nc1ncn(-c2cc(OCc3ccc4ccccc4c3)ncn2)n1. The Morgan fingerprint density at radius 3 is 2.67 bits per heavy atom. The summed E-state index contributed by atoms with van der Waals surface area (Å²) in [5.41, 5.74) is 6.58. The molecule has 0 aliphatic rings. The molecule has 0 bridgehead atoms. The number of anilines is 1. The molecule has 0 aliphatic heterocycles. The summed E-state index contributed by atoms with van der Waals surface area (Å²) in [7, 11) is 0. The first-order valence-corrected chi connectivity index (χ1v) is 7.38. The number of hydrogen-bond acceptors (Lipinski definition) is 6. The summed E-state index contributed by atoms with van der Waals surface area (Å²) < 4.78 is 7.24. The third-order valence-electron chi connectivity index (χ3n) is 3.57. The van der Waals surface area contributed by atoms with Crippen LogP contribution < -0.4 is 10.5 Å². The fourth-order valence-electron chi connectivity index (χ4n) is 2.41. The summed E-state index contributed by atoms with van der Waals surface area (Å²) >= 11 is 0. The molecular weight excluding hydrogens is 304 g/mol. The standard InChI is InChI=1S/C17H14N6O/c18-17-21-11-23(22-17)15-8-16(20-10-19-15)24-9-12-5-6-13-3-1-2-4-14(13)7-12/h1-8,10-11H,9H2,(H2,18,22). The van der Waals surface area contributed by atoms with Crippen molar-refractivity contribution in [2.75, 3.05) is 5.73 Å². The molecule has 0 fully saturated rings. The van der Waals surface area contributed by atoms with Gasteiger partial charge in [0, 0.05) is 6.07 Å². The first kappa shape index (κ1) is 14.1. The topological polar surface area (TPSA) is 91.7 Å². The van der Waals surface area contributed by atoms with Crippen LogP contribution >= 0.6 is 0 Å². The highest BCUT2D eigenvalue weighted by Gasteiger charge is 2.05. The molecule has 0 saturated carbocycles. The van der Waals surface area contributed by atoms with Crippen LogP contribution in [-0.2, 0) is 6.61 Å². The van der Waals surface area contributed by atoms with Crippen molar-refractivity contribution < 1.29 is 4.74 Å². The van der Waals surface area contributed by atoms with Gasteiger partial charge in [-0.15, -0.1) is 5.10 Å². The molecular formula is C17H14N6O. The van der Waals surface area contributed by atoms with Crippen molar-refractivity contribution in [3.8, 4) is 11.7 Å². The lowest BCUT2D eigenvalue weighted by Crippen LogP contribution is -2.02. The smallest absolute Gasteiger partial charge is 0.239 e. The van der Waals surface area contributed by atoms with E-state index in [4.69, 9.17) is 10.5 Å². The van der Waals surface area contributed by atoms with E-state index >= 15 is 0 Å². The van der Waals surface area contributed by atoms with Crippen molar-refractivity contribution in [1.29, 1.82) is 0 Å². The summed E-state index contributed by atoms with van der Waals surface area (Å²) in [5.74, 6) is 1.19. The molecule has 0 saturated heterocycles. The monoisotopic (exact) mass is 318 g/mol. The van der Waals surface area contributed by atoms with E-state index in [9.17, 15) is 0 Å². The molecule has 2 N–H and O–H groups in total. The summed E-state index contributed by atoms with van der Waals surface area (Å²) in [6.07, 6.45) is 2.91. The van der Waals surface area contributed by atoms with Gasteiger partial charge in [-0.05, 0) is 22.4 Å². The van der Waals surface area contributed by atoms with Gasteiger partial charge in [-0.3, -0.25) is 0 Å². The zero-order valence-corrected chi connectivity index (χ0v) is 12.7. The van der Waals surface area contributed by atoms with E-state index in [2.05, 4.69) is 44.3 Å². The number of aromatic nitrogens is 5. The summed E-state index contributed by atoms with van der Waals surface area (Å²) in [5, 5.41) is 6.40. The highest BCUT2D eigenvalue weighted by molar-refractivity contribution is 5.82. The van der Waals surface area contributed by atoms with Crippen molar-refractivity contribution in [3.63, 3.8) is 0 Å². The molecule has 0 radical (unpaired) electrons. The Morgan fingerprint density at radius 1 is 0.958 bits per heavy atom. The normalized spacial score (nSPS) is 10.8. The van der Waals surface area contributed by atoms with E-state index in [0.29, 0.717) is 18.3 Å². The molecule has 24 heavy (non-hydrogen) atoms. The molecule has 2 heterocycles. The zero-order valence-electron chi connectivity index (χ0n) is 12.7. The van der Waals surface area contributed by atoms with Gasteiger partial charge >= 0.3 is 0 Å². The van der Waals surface area contributed by atoms with Crippen molar-refractivity contribution in [1.82, 2.24) is 24.7 Å². The maximum Gasteiger partial charge on any atom is 0.239 e. The molecule has 0 amide bonds. The second kappa shape index (κ2) is 5.96. The zero-order chi connectivity index (χ0) is 16.4. The van der Waals surface area contributed by atoms with Gasteiger partial charge in [0.15, 0.2) is 5.82 Å². The van der Waals surface area contributed by atoms with Gasteiger partial charge in [-0.2, -0.15) is 0 Å². The van der Waals surface area contributed by atoms with Gasteiger partial charge in [0.2, 0.25) is 11.8 Å². The Balaban J connectivity index is 1.52. The first-order chi connectivity index (χ1) is 11.8. The fourth-order valence-corrected chi connectivity index (χ4v) is 2.41. The predicted octanol–water partition coefficient (Wildman–Crippen LogP) is 2.37. The second-order valence-corrected chi connectivity index (χ2v) is 5.23. The van der Waals surface area contributed by atoms with E-state index in [-0.39, 0.29) is 5.95 Å². The van der Waals surface area contributed by atoms with E-state index in [1.54, 1.807) is 6.07 Å². The quantitative estimate of drug-likeness (QED) is 0.621. The first-order valence-electron chi connectivity index (χ1n) is 7.38. The Hall–Kier alpha value is -3.48. The van der Waals surface area contributed by atoms with Gasteiger partial charge in [0.05, 0.1) is 0 Å². The van der Waals surface area contributed by atoms with Crippen LogP contribution in [-0.4, -0.2) is 24.7 Å². The number of rotatable bonds is 4. The highest BCUT2D eigenvalue weighted by atomic mass is 16.5. The van der Waals surface area contributed by atoms with Crippen LogP contribution in [0.4, 0.5) is 5.95 Å². The van der Waals surface area contributed by atoms with E-state index in [1.165, 1.54) is 28.1 Å². The van der Waals surface area contributed by atoms with E-state index in [1.807, 2.05) is 18.2 Å². The second-order valence-electron chi connectivity index (χ2n) is 5.23.